The molecule has 0 bridgehead atoms. The summed E-state index contributed by atoms with van der Waals surface area (Å²) < 4.78 is 39.2. The third kappa shape index (κ3) is 3.45. The van der Waals surface area contributed by atoms with Crippen molar-refractivity contribution in [3.8, 4) is 0 Å². The largest absolute Gasteiger partial charge is 0.417 e. The lowest BCUT2D eigenvalue weighted by atomic mass is 9.96. The van der Waals surface area contributed by atoms with Gasteiger partial charge in [-0.05, 0) is 37.2 Å². The zero-order valence-corrected chi connectivity index (χ0v) is 12.4. The SMILES string of the molecule is O=C(c1cccc(CN2CCC2)c1)c1ccccc1C(F)(F)F. The van der Waals surface area contributed by atoms with Crippen LogP contribution in [0.4, 0.5) is 13.2 Å². The Labute approximate surface area is 132 Å². The molecule has 0 spiro atoms. The van der Waals surface area contributed by atoms with Gasteiger partial charge in [0.05, 0.1) is 5.56 Å². The minimum absolute atomic E-state index is 0.291. The number of carbonyl (C=O) groups excluding carboxylic acids is 1. The van der Waals surface area contributed by atoms with Crippen molar-refractivity contribution in [2.45, 2.75) is 19.1 Å². The normalized spacial score (nSPS) is 15.3. The van der Waals surface area contributed by atoms with Crippen molar-refractivity contribution in [3.63, 3.8) is 0 Å². The second-order valence-corrected chi connectivity index (χ2v) is 5.70. The molecule has 2 nitrogen and oxygen atoms in total. The molecule has 0 radical (unpaired) electrons. The summed E-state index contributed by atoms with van der Waals surface area (Å²) in [4.78, 5) is 14.8. The van der Waals surface area contributed by atoms with Gasteiger partial charge in [0, 0.05) is 17.7 Å². The van der Waals surface area contributed by atoms with Crippen molar-refractivity contribution < 1.29 is 18.0 Å². The highest BCUT2D eigenvalue weighted by molar-refractivity contribution is 6.10. The fraction of sp³-hybridized carbons (Fsp3) is 0.278. The molecule has 0 N–H and O–H groups in total. The van der Waals surface area contributed by atoms with Gasteiger partial charge >= 0.3 is 6.18 Å². The van der Waals surface area contributed by atoms with E-state index >= 15 is 0 Å². The van der Waals surface area contributed by atoms with Gasteiger partial charge in [-0.15, -0.1) is 0 Å². The number of ketones is 1. The molecule has 0 aliphatic carbocycles. The molecular weight excluding hydrogens is 303 g/mol. The predicted molar refractivity (Wildman–Crippen MR) is 81.2 cm³/mol. The summed E-state index contributed by atoms with van der Waals surface area (Å²) in [6, 6.07) is 11.8. The number of rotatable bonds is 4. The molecular formula is C18H16F3NO. The monoisotopic (exact) mass is 319 g/mol. The van der Waals surface area contributed by atoms with Crippen LogP contribution in [0.5, 0.6) is 0 Å². The maximum absolute atomic E-state index is 13.1. The smallest absolute Gasteiger partial charge is 0.299 e. The zero-order chi connectivity index (χ0) is 16.4. The van der Waals surface area contributed by atoms with E-state index in [0.29, 0.717) is 5.56 Å². The van der Waals surface area contributed by atoms with Crippen LogP contribution in [0, 0.1) is 0 Å². The minimum atomic E-state index is -4.54. The highest BCUT2D eigenvalue weighted by Crippen LogP contribution is 2.33. The maximum atomic E-state index is 13.1. The number of benzene rings is 2. The summed E-state index contributed by atoms with van der Waals surface area (Å²) in [5.41, 5.74) is 0.0407. The van der Waals surface area contributed by atoms with Gasteiger partial charge in [-0.3, -0.25) is 9.69 Å². The van der Waals surface area contributed by atoms with E-state index in [4.69, 9.17) is 0 Å². The molecule has 1 aliphatic heterocycles. The van der Waals surface area contributed by atoms with Gasteiger partial charge in [-0.25, -0.2) is 0 Å². The molecule has 1 heterocycles. The number of carbonyl (C=O) groups is 1. The van der Waals surface area contributed by atoms with Crippen LogP contribution in [0.25, 0.3) is 0 Å². The molecule has 5 heteroatoms. The Balaban J connectivity index is 1.90. The van der Waals surface area contributed by atoms with Crippen molar-refractivity contribution in [2.24, 2.45) is 0 Å². The van der Waals surface area contributed by atoms with Crippen LogP contribution in [-0.4, -0.2) is 23.8 Å². The summed E-state index contributed by atoms with van der Waals surface area (Å²) in [6.45, 7) is 2.77. The second-order valence-electron chi connectivity index (χ2n) is 5.70. The Morgan fingerprint density at radius 3 is 2.43 bits per heavy atom. The second kappa shape index (κ2) is 6.16. The van der Waals surface area contributed by atoms with Gasteiger partial charge in [0.25, 0.3) is 0 Å². The van der Waals surface area contributed by atoms with Crippen LogP contribution < -0.4 is 0 Å². The zero-order valence-electron chi connectivity index (χ0n) is 12.4. The van der Waals surface area contributed by atoms with Crippen LogP contribution in [0.15, 0.2) is 48.5 Å². The lowest BCUT2D eigenvalue weighted by Gasteiger charge is -2.30. The molecule has 3 rings (SSSR count). The lowest BCUT2D eigenvalue weighted by Crippen LogP contribution is -2.36. The molecule has 2 aromatic carbocycles. The summed E-state index contributed by atoms with van der Waals surface area (Å²) in [5, 5.41) is 0. The van der Waals surface area contributed by atoms with Crippen molar-refractivity contribution in [2.75, 3.05) is 13.1 Å². The van der Waals surface area contributed by atoms with Gasteiger partial charge in [0.1, 0.15) is 0 Å². The van der Waals surface area contributed by atoms with E-state index in [9.17, 15) is 18.0 Å². The fourth-order valence-corrected chi connectivity index (χ4v) is 2.69. The van der Waals surface area contributed by atoms with E-state index < -0.39 is 17.5 Å². The van der Waals surface area contributed by atoms with Gasteiger partial charge in [0.2, 0.25) is 0 Å². The van der Waals surface area contributed by atoms with Crippen LogP contribution in [0.2, 0.25) is 0 Å². The standard InChI is InChI=1S/C18H16F3NO/c19-18(20,21)16-8-2-1-7-15(16)17(23)14-6-3-5-13(11-14)12-22-9-4-10-22/h1-3,5-8,11H,4,9-10,12H2. The van der Waals surface area contributed by atoms with Crippen LogP contribution in [0.1, 0.15) is 33.5 Å². The topological polar surface area (TPSA) is 20.3 Å². The van der Waals surface area contributed by atoms with Crippen LogP contribution in [0.3, 0.4) is 0 Å². The van der Waals surface area contributed by atoms with Crippen LogP contribution >= 0.6 is 0 Å². The summed E-state index contributed by atoms with van der Waals surface area (Å²) >= 11 is 0. The third-order valence-electron chi connectivity index (χ3n) is 4.02. The first kappa shape index (κ1) is 15.7. The van der Waals surface area contributed by atoms with Crippen molar-refractivity contribution in [1.82, 2.24) is 4.90 Å². The maximum Gasteiger partial charge on any atom is 0.417 e. The quantitative estimate of drug-likeness (QED) is 0.789. The Kier molecular flexibility index (Phi) is 4.22. The van der Waals surface area contributed by atoms with E-state index in [1.807, 2.05) is 6.07 Å². The fourth-order valence-electron chi connectivity index (χ4n) is 2.69. The van der Waals surface area contributed by atoms with Gasteiger partial charge in [-0.1, -0.05) is 36.4 Å². The molecule has 120 valence electrons. The molecule has 2 aromatic rings. The van der Waals surface area contributed by atoms with Crippen molar-refractivity contribution in [3.05, 3.63) is 70.8 Å². The first-order valence-corrected chi connectivity index (χ1v) is 7.47. The molecule has 0 amide bonds. The summed E-state index contributed by atoms with van der Waals surface area (Å²) in [5.74, 6) is -0.594. The number of nitrogens with zero attached hydrogens (tertiary/aromatic N) is 1. The Morgan fingerprint density at radius 1 is 1.04 bits per heavy atom. The Bertz CT molecular complexity index is 720. The number of hydrogen-bond donors (Lipinski definition) is 0. The van der Waals surface area contributed by atoms with Crippen LogP contribution in [-0.2, 0) is 12.7 Å². The first-order valence-electron chi connectivity index (χ1n) is 7.47. The van der Waals surface area contributed by atoms with Gasteiger partial charge in [0.15, 0.2) is 5.78 Å². The highest BCUT2D eigenvalue weighted by Gasteiger charge is 2.35. The Hall–Kier alpha value is -2.14. The minimum Gasteiger partial charge on any atom is -0.299 e. The van der Waals surface area contributed by atoms with E-state index in [2.05, 4.69) is 4.90 Å². The van der Waals surface area contributed by atoms with E-state index in [1.54, 1.807) is 18.2 Å². The molecule has 1 saturated heterocycles. The number of alkyl halides is 3. The van der Waals surface area contributed by atoms with E-state index in [0.717, 1.165) is 37.7 Å². The lowest BCUT2D eigenvalue weighted by molar-refractivity contribution is -0.137. The molecule has 0 aromatic heterocycles. The molecule has 1 fully saturated rings. The third-order valence-corrected chi connectivity index (χ3v) is 4.02. The summed E-state index contributed by atoms with van der Waals surface area (Å²) in [6.07, 6.45) is -3.38. The molecule has 23 heavy (non-hydrogen) atoms. The molecule has 0 atom stereocenters. The van der Waals surface area contributed by atoms with E-state index in [1.165, 1.54) is 18.2 Å². The summed E-state index contributed by atoms with van der Waals surface area (Å²) in [7, 11) is 0. The van der Waals surface area contributed by atoms with Gasteiger partial charge < -0.3 is 0 Å². The Morgan fingerprint density at radius 2 is 1.78 bits per heavy atom. The van der Waals surface area contributed by atoms with E-state index in [-0.39, 0.29) is 5.56 Å². The first-order chi connectivity index (χ1) is 10.9. The molecule has 1 aliphatic rings. The number of likely N-dealkylation sites (tertiary alicyclic amines) is 1. The predicted octanol–water partition coefficient (Wildman–Crippen LogP) is 4.14. The number of halogens is 3. The van der Waals surface area contributed by atoms with Crippen molar-refractivity contribution >= 4 is 5.78 Å². The number of hydrogen-bond acceptors (Lipinski definition) is 2. The molecule has 0 unspecified atom stereocenters. The molecule has 0 saturated carbocycles. The van der Waals surface area contributed by atoms with Crippen molar-refractivity contribution in [1.29, 1.82) is 0 Å². The average Bonchev–Trinajstić information content (AvgIpc) is 2.50. The highest BCUT2D eigenvalue weighted by atomic mass is 19.4. The average molecular weight is 319 g/mol. The van der Waals surface area contributed by atoms with Gasteiger partial charge in [-0.2, -0.15) is 13.2 Å².